The smallest absolute Gasteiger partial charge is 0.203 e. The quantitative estimate of drug-likeness (QED) is 0.604. The number of carbonyl (C=O) groups excluding carboxylic acids is 1. The Balaban J connectivity index is 2.06. The normalized spacial score (nSPS) is 29.2. The zero-order valence-electron chi connectivity index (χ0n) is 11.2. The lowest BCUT2D eigenvalue weighted by atomic mass is 9.94. The molecule has 2 rings (SSSR count). The zero-order valence-corrected chi connectivity index (χ0v) is 11.2. The molecule has 1 saturated heterocycles. The molecule has 0 unspecified atom stereocenters. The molecule has 0 radical (unpaired) electrons. The van der Waals surface area contributed by atoms with Crippen LogP contribution in [0.2, 0.25) is 0 Å². The first kappa shape index (κ1) is 13.1. The maximum absolute atomic E-state index is 12.2. The van der Waals surface area contributed by atoms with Crippen molar-refractivity contribution in [2.75, 3.05) is 0 Å². The highest BCUT2D eigenvalue weighted by Gasteiger charge is 2.39. The molecule has 1 fully saturated rings. The monoisotopic (exact) mass is 248 g/mol. The minimum absolute atomic E-state index is 0.0152. The summed E-state index contributed by atoms with van der Waals surface area (Å²) in [7, 11) is 0. The van der Waals surface area contributed by atoms with Crippen molar-refractivity contribution in [2.45, 2.75) is 45.3 Å². The summed E-state index contributed by atoms with van der Waals surface area (Å²) in [6, 6.07) is 1.78. The van der Waals surface area contributed by atoms with Crippen molar-refractivity contribution in [2.24, 2.45) is 5.92 Å². The molecule has 0 aromatic carbocycles. The van der Waals surface area contributed by atoms with E-state index in [2.05, 4.69) is 6.58 Å². The van der Waals surface area contributed by atoms with Crippen molar-refractivity contribution in [3.63, 3.8) is 0 Å². The third kappa shape index (κ3) is 2.41. The SMILES string of the molecule is C=C[C@@]1(C)CC[C@@H]([C@@H](C)C(=O)c2cc(C)co2)O1. The van der Waals surface area contributed by atoms with Crippen LogP contribution in [0.1, 0.15) is 42.8 Å². The van der Waals surface area contributed by atoms with Crippen molar-refractivity contribution in [3.8, 4) is 0 Å². The average Bonchev–Trinajstić information content (AvgIpc) is 2.95. The minimum atomic E-state index is -0.293. The van der Waals surface area contributed by atoms with Gasteiger partial charge in [0.1, 0.15) is 0 Å². The molecule has 18 heavy (non-hydrogen) atoms. The molecule has 3 atom stereocenters. The summed E-state index contributed by atoms with van der Waals surface area (Å²) in [5.74, 6) is 0.259. The molecule has 2 heterocycles. The molecular weight excluding hydrogens is 228 g/mol. The first-order chi connectivity index (χ1) is 8.45. The summed E-state index contributed by atoms with van der Waals surface area (Å²) in [5.41, 5.74) is 0.673. The lowest BCUT2D eigenvalue weighted by molar-refractivity contribution is -0.0156. The molecule has 0 saturated carbocycles. The van der Waals surface area contributed by atoms with Gasteiger partial charge in [0.25, 0.3) is 0 Å². The fraction of sp³-hybridized carbons (Fsp3) is 0.533. The number of ether oxygens (including phenoxy) is 1. The van der Waals surface area contributed by atoms with Crippen LogP contribution >= 0.6 is 0 Å². The van der Waals surface area contributed by atoms with Crippen molar-refractivity contribution in [3.05, 3.63) is 36.3 Å². The number of ketones is 1. The molecular formula is C15H20O3. The van der Waals surface area contributed by atoms with Gasteiger partial charge in [-0.05, 0) is 38.3 Å². The van der Waals surface area contributed by atoms with Gasteiger partial charge in [-0.1, -0.05) is 13.0 Å². The van der Waals surface area contributed by atoms with E-state index < -0.39 is 0 Å². The summed E-state index contributed by atoms with van der Waals surface area (Å²) < 4.78 is 11.2. The van der Waals surface area contributed by atoms with Gasteiger partial charge in [-0.3, -0.25) is 4.79 Å². The highest BCUT2D eigenvalue weighted by atomic mass is 16.5. The highest BCUT2D eigenvalue weighted by molar-refractivity contribution is 5.95. The number of hydrogen-bond acceptors (Lipinski definition) is 3. The minimum Gasteiger partial charge on any atom is -0.461 e. The summed E-state index contributed by atoms with van der Waals surface area (Å²) in [6.45, 7) is 9.61. The van der Waals surface area contributed by atoms with E-state index in [1.807, 2.05) is 26.8 Å². The molecule has 1 aliphatic heterocycles. The molecule has 98 valence electrons. The van der Waals surface area contributed by atoms with Crippen LogP contribution in [0.4, 0.5) is 0 Å². The molecule has 1 aromatic heterocycles. The van der Waals surface area contributed by atoms with Gasteiger partial charge in [0.2, 0.25) is 5.78 Å². The predicted molar refractivity (Wildman–Crippen MR) is 69.6 cm³/mol. The Morgan fingerprint density at radius 1 is 1.67 bits per heavy atom. The zero-order chi connectivity index (χ0) is 13.3. The van der Waals surface area contributed by atoms with Crippen molar-refractivity contribution >= 4 is 5.78 Å². The molecule has 1 aliphatic rings. The van der Waals surface area contributed by atoms with E-state index in [1.165, 1.54) is 0 Å². The van der Waals surface area contributed by atoms with E-state index in [-0.39, 0.29) is 23.4 Å². The summed E-state index contributed by atoms with van der Waals surface area (Å²) in [5, 5.41) is 0. The van der Waals surface area contributed by atoms with Gasteiger partial charge in [-0.15, -0.1) is 6.58 Å². The van der Waals surface area contributed by atoms with E-state index in [0.29, 0.717) is 5.76 Å². The maximum Gasteiger partial charge on any atom is 0.203 e. The second-order valence-electron chi connectivity index (χ2n) is 5.35. The van der Waals surface area contributed by atoms with Crippen LogP contribution in [0, 0.1) is 12.8 Å². The van der Waals surface area contributed by atoms with Gasteiger partial charge < -0.3 is 9.15 Å². The summed E-state index contributed by atoms with van der Waals surface area (Å²) in [6.07, 6.45) is 5.17. The first-order valence-corrected chi connectivity index (χ1v) is 6.36. The predicted octanol–water partition coefficient (Wildman–Crippen LogP) is 3.53. The van der Waals surface area contributed by atoms with E-state index in [9.17, 15) is 4.79 Å². The average molecular weight is 248 g/mol. The lowest BCUT2D eigenvalue weighted by Gasteiger charge is -2.23. The Morgan fingerprint density at radius 3 is 2.89 bits per heavy atom. The van der Waals surface area contributed by atoms with E-state index in [0.717, 1.165) is 18.4 Å². The van der Waals surface area contributed by atoms with Crippen LogP contribution < -0.4 is 0 Å². The largest absolute Gasteiger partial charge is 0.461 e. The second kappa shape index (κ2) is 4.73. The van der Waals surface area contributed by atoms with Gasteiger partial charge in [0.15, 0.2) is 5.76 Å². The number of hydrogen-bond donors (Lipinski definition) is 0. The molecule has 0 spiro atoms. The van der Waals surface area contributed by atoms with Crippen LogP contribution in [-0.4, -0.2) is 17.5 Å². The molecule has 3 nitrogen and oxygen atoms in total. The van der Waals surface area contributed by atoms with Crippen molar-refractivity contribution in [1.29, 1.82) is 0 Å². The molecule has 0 amide bonds. The number of aryl methyl sites for hydroxylation is 1. The highest BCUT2D eigenvalue weighted by Crippen LogP contribution is 2.35. The number of rotatable bonds is 4. The Morgan fingerprint density at radius 2 is 2.39 bits per heavy atom. The Kier molecular flexibility index (Phi) is 3.44. The van der Waals surface area contributed by atoms with Gasteiger partial charge in [0.05, 0.1) is 18.0 Å². The van der Waals surface area contributed by atoms with Crippen LogP contribution in [0.5, 0.6) is 0 Å². The van der Waals surface area contributed by atoms with E-state index >= 15 is 0 Å². The lowest BCUT2D eigenvalue weighted by Crippen LogP contribution is -2.29. The number of Topliss-reactive ketones (excluding diaryl/α,β-unsaturated/α-hetero) is 1. The number of furan rings is 1. The fourth-order valence-corrected chi connectivity index (χ4v) is 2.35. The topological polar surface area (TPSA) is 39.4 Å². The van der Waals surface area contributed by atoms with E-state index in [1.54, 1.807) is 12.3 Å². The Hall–Kier alpha value is -1.35. The van der Waals surface area contributed by atoms with Crippen LogP contribution in [-0.2, 0) is 4.74 Å². The van der Waals surface area contributed by atoms with E-state index in [4.69, 9.17) is 9.15 Å². The standard InChI is InChI=1S/C15H20O3/c1-5-15(4)7-6-12(18-15)11(3)14(16)13-8-10(2)9-17-13/h5,8-9,11-12H,1,6-7H2,2-4H3/t11-,12+,15+/m1/s1. The first-order valence-electron chi connectivity index (χ1n) is 6.36. The third-order valence-corrected chi connectivity index (χ3v) is 3.72. The van der Waals surface area contributed by atoms with Gasteiger partial charge in [-0.2, -0.15) is 0 Å². The molecule has 1 aromatic rings. The Labute approximate surface area is 108 Å². The van der Waals surface area contributed by atoms with Crippen LogP contribution in [0.25, 0.3) is 0 Å². The maximum atomic E-state index is 12.2. The van der Waals surface area contributed by atoms with Crippen molar-refractivity contribution < 1.29 is 13.9 Å². The van der Waals surface area contributed by atoms with Gasteiger partial charge in [0, 0.05) is 5.92 Å². The van der Waals surface area contributed by atoms with Crippen LogP contribution in [0.3, 0.4) is 0 Å². The van der Waals surface area contributed by atoms with Gasteiger partial charge in [-0.25, -0.2) is 0 Å². The Bertz CT molecular complexity index is 460. The second-order valence-corrected chi connectivity index (χ2v) is 5.35. The molecule has 0 N–H and O–H groups in total. The van der Waals surface area contributed by atoms with Crippen LogP contribution in [0.15, 0.2) is 29.4 Å². The van der Waals surface area contributed by atoms with Gasteiger partial charge >= 0.3 is 0 Å². The molecule has 0 bridgehead atoms. The third-order valence-electron chi connectivity index (χ3n) is 3.72. The molecule has 0 aliphatic carbocycles. The van der Waals surface area contributed by atoms with Crippen molar-refractivity contribution in [1.82, 2.24) is 0 Å². The number of carbonyl (C=O) groups is 1. The summed E-state index contributed by atoms with van der Waals surface area (Å²) in [4.78, 5) is 12.2. The fourth-order valence-electron chi connectivity index (χ4n) is 2.35. The molecule has 3 heteroatoms. The summed E-state index contributed by atoms with van der Waals surface area (Å²) >= 11 is 0.